The molecule has 1 aliphatic rings. The minimum absolute atomic E-state index is 0.140. The van der Waals surface area contributed by atoms with Crippen molar-refractivity contribution < 1.29 is 19.1 Å². The van der Waals surface area contributed by atoms with Crippen LogP contribution >= 0.6 is 11.3 Å². The van der Waals surface area contributed by atoms with Gasteiger partial charge >= 0.3 is 12.1 Å². The number of nitrogens with two attached hydrogens (primary N) is 1. The van der Waals surface area contributed by atoms with Crippen molar-refractivity contribution >= 4 is 45.9 Å². The molecule has 0 bridgehead atoms. The van der Waals surface area contributed by atoms with Crippen LogP contribution in [0.5, 0.6) is 0 Å². The summed E-state index contributed by atoms with van der Waals surface area (Å²) >= 11 is 1.31. The third kappa shape index (κ3) is 5.29. The monoisotopic (exact) mass is 465 g/mol. The van der Waals surface area contributed by atoms with Gasteiger partial charge in [0.2, 0.25) is 0 Å². The highest BCUT2D eigenvalue weighted by Crippen LogP contribution is 2.32. The largest absolute Gasteiger partial charge is 0.445 e. The first kappa shape index (κ1) is 22.3. The maximum absolute atomic E-state index is 13.6. The zero-order chi connectivity index (χ0) is 23.2. The lowest BCUT2D eigenvalue weighted by Gasteiger charge is -2.28. The van der Waals surface area contributed by atoms with Gasteiger partial charge in [-0.1, -0.05) is 30.3 Å². The topological polar surface area (TPSA) is 118 Å². The molecule has 2 heterocycles. The van der Waals surface area contributed by atoms with Crippen LogP contribution in [-0.4, -0.2) is 40.5 Å². The zero-order valence-corrected chi connectivity index (χ0v) is 18.5. The number of likely N-dealkylation sites (tertiary alicyclic amines) is 1. The van der Waals surface area contributed by atoms with Gasteiger partial charge in [-0.15, -0.1) is 11.3 Å². The molecular weight excluding hydrogens is 442 g/mol. The molecule has 10 heteroatoms. The first-order valence-corrected chi connectivity index (χ1v) is 11.3. The van der Waals surface area contributed by atoms with Crippen molar-refractivity contribution in [1.29, 1.82) is 0 Å². The Morgan fingerprint density at radius 1 is 1.15 bits per heavy atom. The lowest BCUT2D eigenvalue weighted by Crippen LogP contribution is -2.46. The Balaban J connectivity index is 1.53. The molecule has 1 fully saturated rings. The number of hydrogen-bond donors (Lipinski definition) is 2. The van der Waals surface area contributed by atoms with E-state index in [1.54, 1.807) is 35.8 Å². The number of thiazole rings is 1. The van der Waals surface area contributed by atoms with E-state index in [9.17, 15) is 14.4 Å². The standard InChI is InChI=1S/C23H23N5O4S/c24-21(30)26-17-8-10-18(11-9-17)28(22-25-12-14-33-22)20(29)19-7-4-13-27(19)23(31)32-15-16-5-2-1-3-6-16/h1-3,5-6,8-12,14,19H,4,7,13,15H2,(H3,24,26,30). The van der Waals surface area contributed by atoms with E-state index in [0.29, 0.717) is 35.9 Å². The smallest absolute Gasteiger partial charge is 0.410 e. The van der Waals surface area contributed by atoms with Gasteiger partial charge in [0.1, 0.15) is 12.6 Å². The summed E-state index contributed by atoms with van der Waals surface area (Å²) < 4.78 is 5.47. The van der Waals surface area contributed by atoms with Crippen LogP contribution in [0.4, 0.5) is 26.1 Å². The first-order chi connectivity index (χ1) is 16.0. The molecule has 0 spiro atoms. The van der Waals surface area contributed by atoms with Crippen LogP contribution in [0.2, 0.25) is 0 Å². The third-order valence-electron chi connectivity index (χ3n) is 5.20. The number of aromatic nitrogens is 1. The number of carbonyl (C=O) groups excluding carboxylic acids is 3. The lowest BCUT2D eigenvalue weighted by atomic mass is 10.1. The van der Waals surface area contributed by atoms with Crippen molar-refractivity contribution in [2.75, 3.05) is 16.8 Å². The average molecular weight is 466 g/mol. The number of nitrogens with zero attached hydrogens (tertiary/aromatic N) is 3. The summed E-state index contributed by atoms with van der Waals surface area (Å²) in [5.41, 5.74) is 7.11. The second-order valence-corrected chi connectivity index (χ2v) is 8.29. The Bertz CT molecular complexity index is 1110. The number of hydrogen-bond acceptors (Lipinski definition) is 6. The molecular formula is C23H23N5O4S. The van der Waals surface area contributed by atoms with E-state index in [-0.39, 0.29) is 12.5 Å². The number of primary amides is 1. The first-order valence-electron chi connectivity index (χ1n) is 10.4. The fraction of sp³-hybridized carbons (Fsp3) is 0.217. The van der Waals surface area contributed by atoms with E-state index in [4.69, 9.17) is 10.5 Å². The fourth-order valence-electron chi connectivity index (χ4n) is 3.69. The van der Waals surface area contributed by atoms with Gasteiger partial charge < -0.3 is 15.8 Å². The third-order valence-corrected chi connectivity index (χ3v) is 5.96. The number of ether oxygens (including phenoxy) is 1. The van der Waals surface area contributed by atoms with Gasteiger partial charge in [0, 0.05) is 23.8 Å². The van der Waals surface area contributed by atoms with Crippen molar-refractivity contribution in [3.63, 3.8) is 0 Å². The number of urea groups is 1. The van der Waals surface area contributed by atoms with Crippen molar-refractivity contribution in [3.05, 3.63) is 71.7 Å². The van der Waals surface area contributed by atoms with E-state index >= 15 is 0 Å². The molecule has 4 amide bonds. The number of anilines is 3. The van der Waals surface area contributed by atoms with Crippen LogP contribution in [0.25, 0.3) is 0 Å². The molecule has 0 radical (unpaired) electrons. The summed E-state index contributed by atoms with van der Waals surface area (Å²) in [7, 11) is 0. The van der Waals surface area contributed by atoms with Gasteiger partial charge in [-0.2, -0.15) is 0 Å². The average Bonchev–Trinajstić information content (AvgIpc) is 3.52. The Labute approximate surface area is 194 Å². The lowest BCUT2D eigenvalue weighted by molar-refractivity contribution is -0.121. The molecule has 1 unspecified atom stereocenters. The quantitative estimate of drug-likeness (QED) is 0.568. The zero-order valence-electron chi connectivity index (χ0n) is 17.7. The normalized spacial score (nSPS) is 15.2. The highest BCUT2D eigenvalue weighted by atomic mass is 32.1. The van der Waals surface area contributed by atoms with E-state index < -0.39 is 18.2 Å². The number of benzene rings is 2. The van der Waals surface area contributed by atoms with E-state index in [0.717, 1.165) is 5.56 Å². The molecule has 1 aliphatic heterocycles. The van der Waals surface area contributed by atoms with E-state index in [2.05, 4.69) is 10.3 Å². The molecule has 33 heavy (non-hydrogen) atoms. The summed E-state index contributed by atoms with van der Waals surface area (Å²) in [6.45, 7) is 0.582. The Kier molecular flexibility index (Phi) is 6.84. The Morgan fingerprint density at radius 2 is 1.91 bits per heavy atom. The molecule has 170 valence electrons. The van der Waals surface area contributed by atoms with Crippen LogP contribution in [0, 0.1) is 0 Å². The van der Waals surface area contributed by atoms with E-state index in [1.165, 1.54) is 21.1 Å². The maximum atomic E-state index is 13.6. The molecule has 1 saturated heterocycles. The predicted molar refractivity (Wildman–Crippen MR) is 125 cm³/mol. The predicted octanol–water partition coefficient (Wildman–Crippen LogP) is 4.10. The summed E-state index contributed by atoms with van der Waals surface area (Å²) in [6.07, 6.45) is 2.32. The van der Waals surface area contributed by atoms with Crippen LogP contribution in [-0.2, 0) is 16.1 Å². The highest BCUT2D eigenvalue weighted by molar-refractivity contribution is 7.13. The van der Waals surface area contributed by atoms with Crippen molar-refractivity contribution in [1.82, 2.24) is 9.88 Å². The second kappa shape index (κ2) is 10.1. The van der Waals surface area contributed by atoms with Crippen LogP contribution in [0.3, 0.4) is 0 Å². The summed E-state index contributed by atoms with van der Waals surface area (Å²) in [5, 5.41) is 4.76. The number of carbonyl (C=O) groups is 3. The van der Waals surface area contributed by atoms with Crippen molar-refractivity contribution in [2.24, 2.45) is 5.73 Å². The van der Waals surface area contributed by atoms with Gasteiger partial charge in [-0.3, -0.25) is 14.6 Å². The summed E-state index contributed by atoms with van der Waals surface area (Å²) in [6, 6.07) is 14.7. The second-order valence-electron chi connectivity index (χ2n) is 7.42. The van der Waals surface area contributed by atoms with Gasteiger partial charge in [-0.25, -0.2) is 14.6 Å². The number of nitrogens with one attached hydrogen (secondary N) is 1. The van der Waals surface area contributed by atoms with E-state index in [1.807, 2.05) is 30.3 Å². The minimum Gasteiger partial charge on any atom is -0.445 e. The molecule has 0 saturated carbocycles. The molecule has 1 atom stereocenters. The summed E-state index contributed by atoms with van der Waals surface area (Å²) in [5.74, 6) is -0.269. The van der Waals surface area contributed by atoms with Gasteiger partial charge in [-0.05, 0) is 42.7 Å². The molecule has 9 nitrogen and oxygen atoms in total. The van der Waals surface area contributed by atoms with Gasteiger partial charge in [0.25, 0.3) is 5.91 Å². The minimum atomic E-state index is -0.675. The Morgan fingerprint density at radius 3 is 2.58 bits per heavy atom. The van der Waals surface area contributed by atoms with Crippen LogP contribution in [0.1, 0.15) is 18.4 Å². The van der Waals surface area contributed by atoms with Crippen LogP contribution in [0.15, 0.2) is 66.2 Å². The molecule has 3 aromatic rings. The van der Waals surface area contributed by atoms with Crippen LogP contribution < -0.4 is 16.0 Å². The number of rotatable bonds is 6. The van der Waals surface area contributed by atoms with Gasteiger partial charge in [0.05, 0.1) is 5.69 Å². The maximum Gasteiger partial charge on any atom is 0.410 e. The molecule has 1 aromatic heterocycles. The molecule has 3 N–H and O–H groups in total. The molecule has 0 aliphatic carbocycles. The SMILES string of the molecule is NC(=O)Nc1ccc(N(C(=O)C2CCCN2C(=O)OCc2ccccc2)c2nccs2)cc1. The highest BCUT2D eigenvalue weighted by Gasteiger charge is 2.39. The number of amides is 4. The van der Waals surface area contributed by atoms with Gasteiger partial charge in [0.15, 0.2) is 5.13 Å². The Hall–Kier alpha value is -3.92. The molecule has 4 rings (SSSR count). The van der Waals surface area contributed by atoms with Crippen molar-refractivity contribution in [2.45, 2.75) is 25.5 Å². The van der Waals surface area contributed by atoms with Crippen molar-refractivity contribution in [3.8, 4) is 0 Å². The fourth-order valence-corrected chi connectivity index (χ4v) is 4.35. The molecule has 2 aromatic carbocycles. The summed E-state index contributed by atoms with van der Waals surface area (Å²) in [4.78, 5) is 44.8.